The molecule has 1 aliphatic rings. The summed E-state index contributed by atoms with van der Waals surface area (Å²) in [6.07, 6.45) is -1.98. The van der Waals surface area contributed by atoms with E-state index in [2.05, 4.69) is 32.5 Å². The number of fused-ring (bicyclic) bond motifs is 1. The van der Waals surface area contributed by atoms with E-state index in [0.717, 1.165) is 19.0 Å². The standard InChI is InChI=1S/C19H18F5N5.ClH/c1-9-4-10(6-25-5-9)28-18-27-8-13(19(22,23)24)16(29-18)12-7-26-17-11(12)2-3-14(20)15(17)21;/h2-3,7-10,25-26H,4-6H2,1H3,(H,27,28,29);1H/t9-,10+;/m1./s1. The molecule has 2 aromatic heterocycles. The van der Waals surface area contributed by atoms with E-state index in [1.54, 1.807) is 0 Å². The summed E-state index contributed by atoms with van der Waals surface area (Å²) < 4.78 is 68.2. The van der Waals surface area contributed by atoms with E-state index in [-0.39, 0.29) is 40.9 Å². The zero-order valence-corrected chi connectivity index (χ0v) is 16.6. The van der Waals surface area contributed by atoms with Gasteiger partial charge in [0.2, 0.25) is 5.95 Å². The molecule has 0 bridgehead atoms. The molecule has 162 valence electrons. The number of hydrogen-bond donors (Lipinski definition) is 3. The fraction of sp³-hybridized carbons (Fsp3) is 0.368. The molecule has 1 fully saturated rings. The molecule has 0 radical (unpaired) electrons. The number of nitrogens with zero attached hydrogens (tertiary/aromatic N) is 2. The molecule has 0 saturated carbocycles. The van der Waals surface area contributed by atoms with Crippen LogP contribution in [0.1, 0.15) is 18.9 Å². The van der Waals surface area contributed by atoms with Crippen LogP contribution in [0.5, 0.6) is 0 Å². The number of H-pyrrole nitrogens is 1. The molecule has 0 unspecified atom stereocenters. The molecule has 3 N–H and O–H groups in total. The van der Waals surface area contributed by atoms with Gasteiger partial charge in [-0.2, -0.15) is 13.2 Å². The van der Waals surface area contributed by atoms with Crippen molar-refractivity contribution in [3.8, 4) is 11.3 Å². The predicted molar refractivity (Wildman–Crippen MR) is 106 cm³/mol. The molecule has 1 aromatic carbocycles. The monoisotopic (exact) mass is 447 g/mol. The lowest BCUT2D eigenvalue weighted by atomic mass is 9.98. The summed E-state index contributed by atoms with van der Waals surface area (Å²) in [5.41, 5.74) is -1.65. The van der Waals surface area contributed by atoms with Crippen LogP contribution in [-0.4, -0.2) is 34.1 Å². The van der Waals surface area contributed by atoms with Crippen LogP contribution in [0.15, 0.2) is 24.5 Å². The summed E-state index contributed by atoms with van der Waals surface area (Å²) in [4.78, 5) is 10.4. The normalized spacial score (nSPS) is 19.5. The lowest BCUT2D eigenvalue weighted by Crippen LogP contribution is -2.42. The summed E-state index contributed by atoms with van der Waals surface area (Å²) in [6, 6.07) is 2.07. The van der Waals surface area contributed by atoms with Gasteiger partial charge >= 0.3 is 6.18 Å². The number of halogens is 6. The van der Waals surface area contributed by atoms with E-state index in [1.807, 2.05) is 0 Å². The van der Waals surface area contributed by atoms with Crippen LogP contribution in [-0.2, 0) is 6.18 Å². The summed E-state index contributed by atoms with van der Waals surface area (Å²) in [5.74, 6) is -1.80. The third-order valence-corrected chi connectivity index (χ3v) is 5.00. The van der Waals surface area contributed by atoms with Gasteiger partial charge in [0.15, 0.2) is 11.6 Å². The van der Waals surface area contributed by atoms with Gasteiger partial charge < -0.3 is 15.6 Å². The van der Waals surface area contributed by atoms with E-state index in [9.17, 15) is 22.0 Å². The number of benzene rings is 1. The van der Waals surface area contributed by atoms with Gasteiger partial charge in [0, 0.05) is 35.9 Å². The minimum atomic E-state index is -4.71. The number of hydrogen-bond acceptors (Lipinski definition) is 4. The Kier molecular flexibility index (Phi) is 6.19. The summed E-state index contributed by atoms with van der Waals surface area (Å²) in [7, 11) is 0. The van der Waals surface area contributed by atoms with Gasteiger partial charge in [-0.3, -0.25) is 0 Å². The lowest BCUT2D eigenvalue weighted by Gasteiger charge is -2.28. The number of anilines is 1. The van der Waals surface area contributed by atoms with Crippen molar-refractivity contribution < 1.29 is 22.0 Å². The molecule has 30 heavy (non-hydrogen) atoms. The van der Waals surface area contributed by atoms with E-state index < -0.39 is 29.1 Å². The second-order valence-corrected chi connectivity index (χ2v) is 7.28. The van der Waals surface area contributed by atoms with Crippen LogP contribution in [0.2, 0.25) is 0 Å². The van der Waals surface area contributed by atoms with Gasteiger partial charge in [-0.05, 0) is 31.0 Å². The average molecular weight is 448 g/mol. The van der Waals surface area contributed by atoms with E-state index in [0.29, 0.717) is 18.7 Å². The summed E-state index contributed by atoms with van der Waals surface area (Å²) in [5, 5.41) is 6.41. The lowest BCUT2D eigenvalue weighted by molar-refractivity contribution is -0.137. The third-order valence-electron chi connectivity index (χ3n) is 5.00. The minimum absolute atomic E-state index is 0. The molecule has 0 amide bonds. The third kappa shape index (κ3) is 4.20. The largest absolute Gasteiger partial charge is 0.419 e. The van der Waals surface area contributed by atoms with Crippen molar-refractivity contribution in [3.05, 3.63) is 41.7 Å². The molecular formula is C19H19ClF5N5. The highest BCUT2D eigenvalue weighted by molar-refractivity contribution is 5.95. The maximum atomic E-state index is 14.0. The first kappa shape index (κ1) is 22.2. The second-order valence-electron chi connectivity index (χ2n) is 7.28. The van der Waals surface area contributed by atoms with Crippen LogP contribution < -0.4 is 10.6 Å². The molecule has 0 aliphatic carbocycles. The first-order valence-electron chi connectivity index (χ1n) is 9.11. The zero-order valence-electron chi connectivity index (χ0n) is 15.8. The molecule has 1 saturated heterocycles. The first-order chi connectivity index (χ1) is 13.7. The highest BCUT2D eigenvalue weighted by atomic mass is 35.5. The molecule has 4 rings (SSSR count). The Bertz CT molecular complexity index is 1050. The summed E-state index contributed by atoms with van der Waals surface area (Å²) in [6.45, 7) is 3.58. The first-order valence-corrected chi connectivity index (χ1v) is 9.11. The number of aromatic nitrogens is 3. The van der Waals surface area contributed by atoms with E-state index >= 15 is 0 Å². The predicted octanol–water partition coefficient (Wildman–Crippen LogP) is 4.75. The number of alkyl halides is 3. The Balaban J connectivity index is 0.00000256. The van der Waals surface area contributed by atoms with Gasteiger partial charge in [-0.15, -0.1) is 12.4 Å². The molecule has 2 atom stereocenters. The van der Waals surface area contributed by atoms with Gasteiger partial charge in [0.25, 0.3) is 0 Å². The quantitative estimate of drug-likeness (QED) is 0.507. The average Bonchev–Trinajstić information content (AvgIpc) is 3.08. The van der Waals surface area contributed by atoms with Gasteiger partial charge in [0.1, 0.15) is 5.56 Å². The molecule has 3 heterocycles. The van der Waals surface area contributed by atoms with Crippen LogP contribution in [0.3, 0.4) is 0 Å². The van der Waals surface area contributed by atoms with Gasteiger partial charge in [-0.25, -0.2) is 18.7 Å². The maximum Gasteiger partial charge on any atom is 0.419 e. The topological polar surface area (TPSA) is 65.6 Å². The SMILES string of the molecule is C[C@H]1CNC[C@@H](Nc2ncc(C(F)(F)F)c(-c3c[nH]c4c(F)c(F)ccc34)n2)C1.Cl. The molecule has 0 spiro atoms. The van der Waals surface area contributed by atoms with Crippen LogP contribution in [0.25, 0.3) is 22.2 Å². The minimum Gasteiger partial charge on any atom is -0.358 e. The molecular weight excluding hydrogens is 429 g/mol. The van der Waals surface area contributed by atoms with Crippen molar-refractivity contribution >= 4 is 29.3 Å². The van der Waals surface area contributed by atoms with Crippen molar-refractivity contribution in [2.75, 3.05) is 18.4 Å². The molecule has 11 heteroatoms. The Morgan fingerprint density at radius 3 is 2.63 bits per heavy atom. The van der Waals surface area contributed by atoms with E-state index in [4.69, 9.17) is 0 Å². The molecule has 1 aliphatic heterocycles. The van der Waals surface area contributed by atoms with Crippen molar-refractivity contribution in [1.82, 2.24) is 20.3 Å². The van der Waals surface area contributed by atoms with Crippen molar-refractivity contribution in [1.29, 1.82) is 0 Å². The Morgan fingerprint density at radius 2 is 1.93 bits per heavy atom. The fourth-order valence-electron chi connectivity index (χ4n) is 3.65. The Labute approximate surface area is 174 Å². The Hall–Kier alpha value is -2.46. The highest BCUT2D eigenvalue weighted by Crippen LogP contribution is 2.39. The van der Waals surface area contributed by atoms with E-state index in [1.165, 1.54) is 12.3 Å². The maximum absolute atomic E-state index is 14.0. The second kappa shape index (κ2) is 8.35. The highest BCUT2D eigenvalue weighted by Gasteiger charge is 2.36. The number of piperidine rings is 1. The molecule has 5 nitrogen and oxygen atoms in total. The fourth-order valence-corrected chi connectivity index (χ4v) is 3.65. The van der Waals surface area contributed by atoms with Crippen LogP contribution in [0.4, 0.5) is 27.9 Å². The zero-order chi connectivity index (χ0) is 20.8. The van der Waals surface area contributed by atoms with Crippen molar-refractivity contribution in [2.24, 2.45) is 5.92 Å². The van der Waals surface area contributed by atoms with Crippen molar-refractivity contribution in [2.45, 2.75) is 25.6 Å². The van der Waals surface area contributed by atoms with Crippen LogP contribution >= 0.6 is 12.4 Å². The van der Waals surface area contributed by atoms with Crippen molar-refractivity contribution in [3.63, 3.8) is 0 Å². The van der Waals surface area contributed by atoms with Crippen LogP contribution in [0, 0.1) is 17.6 Å². The number of rotatable bonds is 3. The van der Waals surface area contributed by atoms with Gasteiger partial charge in [0.05, 0.1) is 11.2 Å². The summed E-state index contributed by atoms with van der Waals surface area (Å²) >= 11 is 0. The smallest absolute Gasteiger partial charge is 0.358 e. The number of nitrogens with one attached hydrogen (secondary N) is 3. The molecule has 3 aromatic rings. The van der Waals surface area contributed by atoms with Gasteiger partial charge in [-0.1, -0.05) is 6.92 Å². The number of aromatic amines is 1. The Morgan fingerprint density at radius 1 is 1.17 bits per heavy atom.